The highest BCUT2D eigenvalue weighted by molar-refractivity contribution is 5.98. The Balaban J connectivity index is 1.28. The number of methoxy groups -OCH3 is 3. The summed E-state index contributed by atoms with van der Waals surface area (Å²) < 4.78 is 22.0. The van der Waals surface area contributed by atoms with E-state index in [1.165, 1.54) is 0 Å². The molecule has 0 unspecified atom stereocenters. The van der Waals surface area contributed by atoms with E-state index < -0.39 is 0 Å². The minimum atomic E-state index is 0.0284. The van der Waals surface area contributed by atoms with E-state index in [0.717, 1.165) is 56.8 Å². The summed E-state index contributed by atoms with van der Waals surface area (Å²) in [4.78, 5) is 30.1. The van der Waals surface area contributed by atoms with Gasteiger partial charge in [0.25, 0.3) is 0 Å². The number of hydrogen-bond donors (Lipinski definition) is 0. The highest BCUT2D eigenvalue weighted by Crippen LogP contribution is 2.41. The lowest BCUT2D eigenvalue weighted by atomic mass is 9.77. The van der Waals surface area contributed by atoms with Crippen LogP contribution in [0.5, 0.6) is 23.0 Å². The summed E-state index contributed by atoms with van der Waals surface area (Å²) >= 11 is 0. The molecule has 8 nitrogen and oxygen atoms in total. The number of likely N-dealkylation sites (tertiary alicyclic amines) is 2. The van der Waals surface area contributed by atoms with E-state index in [1.807, 2.05) is 59.2 Å². The first-order valence-corrected chi connectivity index (χ1v) is 13.6. The van der Waals surface area contributed by atoms with Crippen molar-refractivity contribution in [1.82, 2.24) is 9.80 Å². The summed E-state index contributed by atoms with van der Waals surface area (Å²) in [5.41, 5.74) is 1.49. The van der Waals surface area contributed by atoms with Crippen LogP contribution in [0.2, 0.25) is 0 Å². The molecule has 4 rings (SSSR count). The molecule has 2 aromatic carbocycles. The lowest BCUT2D eigenvalue weighted by Crippen LogP contribution is -2.44. The van der Waals surface area contributed by atoms with E-state index in [9.17, 15) is 9.59 Å². The molecule has 2 amide bonds. The molecule has 0 atom stereocenters. The third kappa shape index (κ3) is 6.85. The Morgan fingerprint density at radius 2 is 1.49 bits per heavy atom. The van der Waals surface area contributed by atoms with Crippen LogP contribution in [0.25, 0.3) is 6.08 Å². The lowest BCUT2D eigenvalue weighted by Gasteiger charge is -2.39. The Bertz CT molecular complexity index is 1170. The zero-order chi connectivity index (χ0) is 27.8. The number of carbonyl (C=O) groups is 2. The fraction of sp³-hybridized carbons (Fsp3) is 0.484. The first-order chi connectivity index (χ1) is 18.9. The molecular weight excluding hydrogens is 496 g/mol. The Kier molecular flexibility index (Phi) is 9.38. The maximum atomic E-state index is 13.4. The first-order valence-electron chi connectivity index (χ1n) is 13.6. The van der Waals surface area contributed by atoms with E-state index in [-0.39, 0.29) is 17.2 Å². The molecule has 2 aliphatic rings. The molecule has 1 spiro atoms. The van der Waals surface area contributed by atoms with Gasteiger partial charge in [0.2, 0.25) is 11.8 Å². The maximum absolute atomic E-state index is 13.4. The van der Waals surface area contributed by atoms with Gasteiger partial charge in [-0.3, -0.25) is 9.59 Å². The fourth-order valence-electron chi connectivity index (χ4n) is 5.55. The van der Waals surface area contributed by atoms with Gasteiger partial charge in [-0.2, -0.15) is 0 Å². The summed E-state index contributed by atoms with van der Waals surface area (Å²) in [5.74, 6) is 2.81. The van der Waals surface area contributed by atoms with Gasteiger partial charge in [-0.05, 0) is 62.3 Å². The van der Waals surface area contributed by atoms with Gasteiger partial charge in [0, 0.05) is 49.8 Å². The van der Waals surface area contributed by atoms with Crippen LogP contribution < -0.4 is 18.9 Å². The van der Waals surface area contributed by atoms with Crippen LogP contribution in [0.4, 0.5) is 0 Å². The number of hydrogen-bond acceptors (Lipinski definition) is 6. The monoisotopic (exact) mass is 536 g/mol. The van der Waals surface area contributed by atoms with Crippen LogP contribution >= 0.6 is 0 Å². The van der Waals surface area contributed by atoms with Crippen molar-refractivity contribution in [3.05, 3.63) is 53.6 Å². The van der Waals surface area contributed by atoms with Crippen LogP contribution in [0, 0.1) is 5.41 Å². The zero-order valence-electron chi connectivity index (χ0n) is 23.5. The van der Waals surface area contributed by atoms with E-state index in [1.54, 1.807) is 27.4 Å². The van der Waals surface area contributed by atoms with Crippen molar-refractivity contribution < 1.29 is 28.5 Å². The maximum Gasteiger partial charge on any atom is 0.249 e. The second-order valence-corrected chi connectivity index (χ2v) is 10.4. The SMILES string of the molecule is COc1cc(OC)c(OC)cc1/C=C(\C)C(=O)N1CCC2(CCN(C(=O)CCCOc3ccccc3)CC2)C1. The van der Waals surface area contributed by atoms with E-state index >= 15 is 0 Å². The zero-order valence-corrected chi connectivity index (χ0v) is 23.5. The highest BCUT2D eigenvalue weighted by Gasteiger charge is 2.42. The number of piperidine rings is 1. The molecule has 0 bridgehead atoms. The van der Waals surface area contributed by atoms with Crippen molar-refractivity contribution in [3.8, 4) is 23.0 Å². The van der Waals surface area contributed by atoms with E-state index in [4.69, 9.17) is 18.9 Å². The summed E-state index contributed by atoms with van der Waals surface area (Å²) in [5, 5.41) is 0. The molecule has 2 aromatic rings. The van der Waals surface area contributed by atoms with Crippen molar-refractivity contribution in [2.75, 3.05) is 54.1 Å². The number of rotatable bonds is 10. The topological polar surface area (TPSA) is 77.5 Å². The standard InChI is InChI=1S/C31H40N2O6/c1-23(19-24-20-27(37-3)28(38-4)21-26(24)36-2)30(35)33-17-14-31(22-33)12-15-32(16-13-31)29(34)11-8-18-39-25-9-6-5-7-10-25/h5-7,9-10,19-21H,8,11-18,22H2,1-4H3/b23-19+. The number of amides is 2. The van der Waals surface area contributed by atoms with Crippen molar-refractivity contribution in [3.63, 3.8) is 0 Å². The van der Waals surface area contributed by atoms with Crippen LogP contribution in [0.1, 0.15) is 44.6 Å². The number of para-hydroxylation sites is 1. The van der Waals surface area contributed by atoms with Gasteiger partial charge >= 0.3 is 0 Å². The smallest absolute Gasteiger partial charge is 0.249 e. The highest BCUT2D eigenvalue weighted by atomic mass is 16.5. The predicted molar refractivity (Wildman–Crippen MR) is 150 cm³/mol. The third-order valence-electron chi connectivity index (χ3n) is 7.89. The third-order valence-corrected chi connectivity index (χ3v) is 7.89. The van der Waals surface area contributed by atoms with Gasteiger partial charge in [-0.15, -0.1) is 0 Å². The van der Waals surface area contributed by atoms with Gasteiger partial charge in [-0.25, -0.2) is 0 Å². The van der Waals surface area contributed by atoms with Gasteiger partial charge in [0.15, 0.2) is 11.5 Å². The van der Waals surface area contributed by atoms with Crippen molar-refractivity contribution in [2.24, 2.45) is 5.41 Å². The molecule has 0 aliphatic carbocycles. The van der Waals surface area contributed by atoms with Gasteiger partial charge in [0.1, 0.15) is 11.5 Å². The molecule has 2 heterocycles. The average molecular weight is 537 g/mol. The van der Waals surface area contributed by atoms with Gasteiger partial charge < -0.3 is 28.7 Å². The number of ether oxygens (including phenoxy) is 4. The summed E-state index contributed by atoms with van der Waals surface area (Å²) in [6.45, 7) is 5.33. The molecular formula is C31H40N2O6. The second kappa shape index (κ2) is 12.9. The average Bonchev–Trinajstić information content (AvgIpc) is 3.38. The predicted octanol–water partition coefficient (Wildman–Crippen LogP) is 4.82. The fourth-order valence-corrected chi connectivity index (χ4v) is 5.55. The minimum absolute atomic E-state index is 0.0284. The summed E-state index contributed by atoms with van der Waals surface area (Å²) in [6.07, 6.45) is 5.86. The molecule has 8 heteroatoms. The largest absolute Gasteiger partial charge is 0.496 e. The van der Waals surface area contributed by atoms with Crippen LogP contribution in [0.15, 0.2) is 48.0 Å². The van der Waals surface area contributed by atoms with Crippen LogP contribution in [-0.2, 0) is 9.59 Å². The summed E-state index contributed by atoms with van der Waals surface area (Å²) in [6, 6.07) is 13.3. The Morgan fingerprint density at radius 3 is 2.13 bits per heavy atom. The molecule has 2 saturated heterocycles. The quantitative estimate of drug-likeness (QED) is 0.320. The molecule has 0 radical (unpaired) electrons. The summed E-state index contributed by atoms with van der Waals surface area (Å²) in [7, 11) is 4.75. The number of benzene rings is 2. The van der Waals surface area contributed by atoms with Crippen molar-refractivity contribution >= 4 is 17.9 Å². The molecule has 210 valence electrons. The minimum Gasteiger partial charge on any atom is -0.496 e. The molecule has 0 saturated carbocycles. The second-order valence-electron chi connectivity index (χ2n) is 10.4. The molecule has 0 N–H and O–H groups in total. The molecule has 2 fully saturated rings. The van der Waals surface area contributed by atoms with Gasteiger partial charge in [0.05, 0.1) is 27.9 Å². The lowest BCUT2D eigenvalue weighted by molar-refractivity contribution is -0.134. The van der Waals surface area contributed by atoms with Crippen molar-refractivity contribution in [1.29, 1.82) is 0 Å². The molecule has 0 aromatic heterocycles. The van der Waals surface area contributed by atoms with Crippen LogP contribution in [-0.4, -0.2) is 75.7 Å². The van der Waals surface area contributed by atoms with Crippen LogP contribution in [0.3, 0.4) is 0 Å². The Hall–Kier alpha value is -3.68. The Labute approximate surface area is 231 Å². The van der Waals surface area contributed by atoms with E-state index in [2.05, 4.69) is 0 Å². The van der Waals surface area contributed by atoms with Gasteiger partial charge in [-0.1, -0.05) is 18.2 Å². The van der Waals surface area contributed by atoms with Crippen molar-refractivity contribution in [2.45, 2.75) is 39.0 Å². The number of carbonyl (C=O) groups excluding carboxylic acids is 2. The number of nitrogens with zero attached hydrogens (tertiary/aromatic N) is 2. The molecule has 2 aliphatic heterocycles. The molecule has 39 heavy (non-hydrogen) atoms. The normalized spacial score (nSPS) is 16.8. The Morgan fingerprint density at radius 1 is 0.872 bits per heavy atom. The van der Waals surface area contributed by atoms with E-state index in [0.29, 0.717) is 42.3 Å². The first kappa shape index (κ1) is 28.3.